The summed E-state index contributed by atoms with van der Waals surface area (Å²) >= 11 is 1.54. The Hall–Kier alpha value is -0.940. The monoisotopic (exact) mass is 200 g/mol. The molecule has 1 heterocycles. The van der Waals surface area contributed by atoms with Gasteiger partial charge in [-0.2, -0.15) is 0 Å². The number of carbonyl (C=O) groups is 1. The van der Waals surface area contributed by atoms with E-state index in [0.717, 1.165) is 11.4 Å². The Balaban J connectivity index is 2.49. The average Bonchev–Trinajstić information content (AvgIpc) is 2.58. The van der Waals surface area contributed by atoms with Crippen LogP contribution in [0.25, 0.3) is 0 Å². The van der Waals surface area contributed by atoms with Crippen LogP contribution in [-0.4, -0.2) is 22.6 Å². The Morgan fingerprint density at radius 3 is 3.08 bits per heavy atom. The number of carboxylic acids is 1. The van der Waals surface area contributed by atoms with E-state index in [4.69, 9.17) is 5.11 Å². The minimum Gasteiger partial charge on any atom is -0.480 e. The van der Waals surface area contributed by atoms with E-state index >= 15 is 0 Å². The molecule has 0 aliphatic carbocycles. The highest BCUT2D eigenvalue weighted by Crippen LogP contribution is 2.17. The molecule has 0 amide bonds. The van der Waals surface area contributed by atoms with Gasteiger partial charge in [-0.1, -0.05) is 6.92 Å². The van der Waals surface area contributed by atoms with Gasteiger partial charge in [-0.05, 0) is 6.42 Å². The fraction of sp³-hybridized carbons (Fsp3) is 0.500. The molecule has 0 radical (unpaired) electrons. The molecule has 0 saturated carbocycles. The van der Waals surface area contributed by atoms with Crippen LogP contribution in [0.2, 0.25) is 0 Å². The molecule has 0 aromatic carbocycles. The molecule has 13 heavy (non-hydrogen) atoms. The summed E-state index contributed by atoms with van der Waals surface area (Å²) in [7, 11) is 0. The third-order valence-electron chi connectivity index (χ3n) is 1.66. The van der Waals surface area contributed by atoms with Gasteiger partial charge in [-0.25, -0.2) is 4.98 Å². The van der Waals surface area contributed by atoms with E-state index in [1.165, 1.54) is 0 Å². The van der Waals surface area contributed by atoms with Gasteiger partial charge in [0.1, 0.15) is 5.01 Å². The SMILES string of the molecule is CCC(NCC(=O)O)c1nccs1. The minimum absolute atomic E-state index is 0.0158. The van der Waals surface area contributed by atoms with Gasteiger partial charge in [-0.3, -0.25) is 10.1 Å². The molecule has 2 N–H and O–H groups in total. The molecule has 0 aliphatic heterocycles. The van der Waals surface area contributed by atoms with E-state index in [0.29, 0.717) is 0 Å². The molecule has 1 aromatic heterocycles. The number of nitrogens with zero attached hydrogens (tertiary/aromatic N) is 1. The summed E-state index contributed by atoms with van der Waals surface area (Å²) < 4.78 is 0. The van der Waals surface area contributed by atoms with Crippen LogP contribution in [0.1, 0.15) is 24.4 Å². The van der Waals surface area contributed by atoms with Gasteiger partial charge in [0, 0.05) is 11.6 Å². The maximum absolute atomic E-state index is 10.3. The smallest absolute Gasteiger partial charge is 0.317 e. The lowest BCUT2D eigenvalue weighted by atomic mass is 10.2. The molecular formula is C8H12N2O2S. The Bertz CT molecular complexity index is 261. The molecule has 0 bridgehead atoms. The number of hydrogen-bond acceptors (Lipinski definition) is 4. The number of aliphatic carboxylic acids is 1. The Kier molecular flexibility index (Phi) is 3.85. The highest BCUT2D eigenvalue weighted by Gasteiger charge is 2.11. The Labute approximate surface area is 80.6 Å². The lowest BCUT2D eigenvalue weighted by molar-refractivity contribution is -0.136. The van der Waals surface area contributed by atoms with Gasteiger partial charge >= 0.3 is 5.97 Å². The van der Waals surface area contributed by atoms with Crippen LogP contribution in [0, 0.1) is 0 Å². The second kappa shape index (κ2) is 4.94. The second-order valence-electron chi connectivity index (χ2n) is 2.61. The number of rotatable bonds is 5. The molecule has 1 unspecified atom stereocenters. The molecule has 4 nitrogen and oxygen atoms in total. The second-order valence-corrected chi connectivity index (χ2v) is 3.53. The van der Waals surface area contributed by atoms with Crippen molar-refractivity contribution < 1.29 is 9.90 Å². The first-order valence-electron chi connectivity index (χ1n) is 4.08. The fourth-order valence-corrected chi connectivity index (χ4v) is 1.82. The average molecular weight is 200 g/mol. The number of hydrogen-bond donors (Lipinski definition) is 2. The van der Waals surface area contributed by atoms with E-state index in [1.807, 2.05) is 12.3 Å². The Morgan fingerprint density at radius 1 is 1.85 bits per heavy atom. The van der Waals surface area contributed by atoms with Crippen molar-refractivity contribution in [2.75, 3.05) is 6.54 Å². The topological polar surface area (TPSA) is 62.2 Å². The van der Waals surface area contributed by atoms with Crippen LogP contribution < -0.4 is 5.32 Å². The van der Waals surface area contributed by atoms with Gasteiger partial charge in [-0.15, -0.1) is 11.3 Å². The van der Waals surface area contributed by atoms with E-state index in [1.54, 1.807) is 17.5 Å². The van der Waals surface area contributed by atoms with Gasteiger partial charge in [0.05, 0.1) is 12.6 Å². The lowest BCUT2D eigenvalue weighted by Gasteiger charge is -2.11. The lowest BCUT2D eigenvalue weighted by Crippen LogP contribution is -2.26. The van der Waals surface area contributed by atoms with Crippen molar-refractivity contribution in [3.8, 4) is 0 Å². The molecule has 0 spiro atoms. The molecule has 1 rings (SSSR count). The number of thiazole rings is 1. The van der Waals surface area contributed by atoms with Crippen LogP contribution >= 0.6 is 11.3 Å². The number of aromatic nitrogens is 1. The third kappa shape index (κ3) is 3.12. The molecule has 0 saturated heterocycles. The molecule has 1 aromatic rings. The quantitative estimate of drug-likeness (QED) is 0.751. The molecular weight excluding hydrogens is 188 g/mol. The van der Waals surface area contributed by atoms with E-state index in [-0.39, 0.29) is 12.6 Å². The van der Waals surface area contributed by atoms with E-state index < -0.39 is 5.97 Å². The first-order valence-corrected chi connectivity index (χ1v) is 4.96. The first kappa shape index (κ1) is 10.1. The standard InChI is InChI=1S/C8H12N2O2S/c1-2-6(10-5-7(11)12)8-9-3-4-13-8/h3-4,6,10H,2,5H2,1H3,(H,11,12). The normalized spacial score (nSPS) is 12.7. The predicted molar refractivity (Wildman–Crippen MR) is 50.8 cm³/mol. The van der Waals surface area contributed by atoms with Gasteiger partial charge in [0.15, 0.2) is 0 Å². The van der Waals surface area contributed by atoms with Crippen molar-refractivity contribution in [2.24, 2.45) is 0 Å². The van der Waals surface area contributed by atoms with Crippen molar-refractivity contribution in [2.45, 2.75) is 19.4 Å². The van der Waals surface area contributed by atoms with Crippen LogP contribution in [0.4, 0.5) is 0 Å². The summed E-state index contributed by atoms with van der Waals surface area (Å²) in [6, 6.07) is 0.0658. The first-order chi connectivity index (χ1) is 6.24. The van der Waals surface area contributed by atoms with Crippen molar-refractivity contribution in [1.82, 2.24) is 10.3 Å². The van der Waals surface area contributed by atoms with Gasteiger partial charge in [0.2, 0.25) is 0 Å². The van der Waals surface area contributed by atoms with Crippen LogP contribution in [0.15, 0.2) is 11.6 Å². The molecule has 72 valence electrons. The van der Waals surface area contributed by atoms with E-state index in [2.05, 4.69) is 10.3 Å². The molecule has 0 aliphatic rings. The maximum atomic E-state index is 10.3. The third-order valence-corrected chi connectivity index (χ3v) is 2.55. The summed E-state index contributed by atoms with van der Waals surface area (Å²) in [6.07, 6.45) is 2.58. The van der Waals surface area contributed by atoms with E-state index in [9.17, 15) is 4.79 Å². The zero-order valence-electron chi connectivity index (χ0n) is 7.36. The fourth-order valence-electron chi connectivity index (χ4n) is 1.02. The van der Waals surface area contributed by atoms with Crippen LogP contribution in [0.3, 0.4) is 0 Å². The number of carboxylic acid groups (broad SMARTS) is 1. The van der Waals surface area contributed by atoms with Crippen molar-refractivity contribution >= 4 is 17.3 Å². The summed E-state index contributed by atoms with van der Waals surface area (Å²) in [6.45, 7) is 1.99. The van der Waals surface area contributed by atoms with Crippen LogP contribution in [0.5, 0.6) is 0 Å². The zero-order chi connectivity index (χ0) is 9.68. The summed E-state index contributed by atoms with van der Waals surface area (Å²) in [5.41, 5.74) is 0. The van der Waals surface area contributed by atoms with Crippen molar-refractivity contribution in [1.29, 1.82) is 0 Å². The van der Waals surface area contributed by atoms with Gasteiger partial charge < -0.3 is 5.11 Å². The summed E-state index contributed by atoms with van der Waals surface area (Å²) in [5.74, 6) is -0.838. The molecule has 0 fully saturated rings. The largest absolute Gasteiger partial charge is 0.480 e. The minimum atomic E-state index is -0.838. The van der Waals surface area contributed by atoms with Crippen molar-refractivity contribution in [3.63, 3.8) is 0 Å². The van der Waals surface area contributed by atoms with Gasteiger partial charge in [0.25, 0.3) is 0 Å². The molecule has 5 heteroatoms. The maximum Gasteiger partial charge on any atom is 0.317 e. The van der Waals surface area contributed by atoms with Crippen molar-refractivity contribution in [3.05, 3.63) is 16.6 Å². The predicted octanol–water partition coefficient (Wildman–Crippen LogP) is 1.27. The number of nitrogens with one attached hydrogen (secondary N) is 1. The zero-order valence-corrected chi connectivity index (χ0v) is 8.17. The molecule has 1 atom stereocenters. The highest BCUT2D eigenvalue weighted by molar-refractivity contribution is 7.09. The highest BCUT2D eigenvalue weighted by atomic mass is 32.1. The summed E-state index contributed by atoms with van der Waals surface area (Å²) in [4.78, 5) is 14.4. The van der Waals surface area contributed by atoms with Crippen LogP contribution in [-0.2, 0) is 4.79 Å². The summed E-state index contributed by atoms with van der Waals surface area (Å²) in [5, 5.41) is 14.2. The Morgan fingerprint density at radius 2 is 2.62 bits per heavy atom.